The second-order valence-corrected chi connectivity index (χ2v) is 4.75. The molecule has 0 rings (SSSR count). The van der Waals surface area contributed by atoms with Gasteiger partial charge in [-0.15, -0.1) is 0 Å². The molecule has 0 aliphatic rings. The molecule has 76 valence electrons. The summed E-state index contributed by atoms with van der Waals surface area (Å²) in [5, 5.41) is 0. The van der Waals surface area contributed by atoms with Gasteiger partial charge in [0.05, 0.1) is 0 Å². The molecule has 14 heavy (non-hydrogen) atoms. The van der Waals surface area contributed by atoms with E-state index < -0.39 is 0 Å². The number of hydrogen-bond donors (Lipinski definition) is 0. The Balaban J connectivity index is -0.0000000625. The maximum atomic E-state index is 6.60. The molecule has 0 amide bonds. The van der Waals surface area contributed by atoms with Crippen LogP contribution in [0.4, 0.5) is 0 Å². The molecular formula is C12H18ClIn. The van der Waals surface area contributed by atoms with Gasteiger partial charge in [0.1, 0.15) is 0 Å². The fourth-order valence-electron chi connectivity index (χ4n) is 0. The molecule has 0 heterocycles. The van der Waals surface area contributed by atoms with Crippen LogP contribution in [0.2, 0.25) is 0 Å². The SMILES string of the molecule is [C]#CC(C)(C)C.[C]#CC(C)(C)C.[Cl-].[In+]. The molecular weight excluding hydrogens is 294 g/mol. The van der Waals surface area contributed by atoms with Crippen LogP contribution in [0.15, 0.2) is 0 Å². The number of halogens is 1. The first-order valence-electron chi connectivity index (χ1n) is 4.00. The second kappa shape index (κ2) is 9.82. The van der Waals surface area contributed by atoms with Crippen LogP contribution in [0.1, 0.15) is 41.5 Å². The van der Waals surface area contributed by atoms with Gasteiger partial charge < -0.3 is 12.4 Å². The van der Waals surface area contributed by atoms with Crippen LogP contribution in [-0.4, -0.2) is 25.8 Å². The summed E-state index contributed by atoms with van der Waals surface area (Å²) >= 11 is 0. The van der Waals surface area contributed by atoms with Crippen LogP contribution in [-0.2, 0) is 0 Å². The molecule has 0 aromatic heterocycles. The molecule has 0 aromatic rings. The first kappa shape index (κ1) is 23.8. The summed E-state index contributed by atoms with van der Waals surface area (Å²) in [5.41, 5.74) is -0.0833. The molecule has 0 atom stereocenters. The monoisotopic (exact) mass is 312 g/mol. The minimum atomic E-state index is -0.0417. The first-order valence-corrected chi connectivity index (χ1v) is 4.00. The Labute approximate surface area is 115 Å². The first-order chi connectivity index (χ1) is 5.12. The summed E-state index contributed by atoms with van der Waals surface area (Å²) in [7, 11) is 0. The molecule has 0 N–H and O–H groups in total. The van der Waals surface area contributed by atoms with Crippen molar-refractivity contribution in [2.75, 3.05) is 0 Å². The molecule has 0 saturated heterocycles. The third-order valence-corrected chi connectivity index (χ3v) is 0.750. The van der Waals surface area contributed by atoms with Gasteiger partial charge in [-0.05, 0) is 54.4 Å². The fourth-order valence-corrected chi connectivity index (χ4v) is 0. The molecule has 0 unspecified atom stereocenters. The summed E-state index contributed by atoms with van der Waals surface area (Å²) in [4.78, 5) is 0. The third kappa shape index (κ3) is 39.6. The fraction of sp³-hybridized carbons (Fsp3) is 0.667. The van der Waals surface area contributed by atoms with Gasteiger partial charge >= 0.3 is 25.8 Å². The van der Waals surface area contributed by atoms with Gasteiger partial charge in [-0.2, -0.15) is 0 Å². The van der Waals surface area contributed by atoms with Crippen molar-refractivity contribution in [2.24, 2.45) is 10.8 Å². The van der Waals surface area contributed by atoms with E-state index >= 15 is 0 Å². The molecule has 0 fully saturated rings. The van der Waals surface area contributed by atoms with Gasteiger partial charge in [-0.1, -0.05) is 11.8 Å². The van der Waals surface area contributed by atoms with Gasteiger partial charge in [0.2, 0.25) is 0 Å². The zero-order chi connectivity index (χ0) is 10.4. The normalized spacial score (nSPS) is 8.86. The molecule has 0 aliphatic heterocycles. The quantitative estimate of drug-likeness (QED) is 0.547. The van der Waals surface area contributed by atoms with Crippen LogP contribution >= 0.6 is 0 Å². The molecule has 0 aliphatic carbocycles. The second-order valence-electron chi connectivity index (χ2n) is 4.75. The Bertz CT molecular complexity index is 168. The van der Waals surface area contributed by atoms with Crippen molar-refractivity contribution < 1.29 is 12.4 Å². The van der Waals surface area contributed by atoms with Crippen LogP contribution in [0.3, 0.4) is 0 Å². The summed E-state index contributed by atoms with van der Waals surface area (Å²) in [6.45, 7) is 11.7. The predicted octanol–water partition coefficient (Wildman–Crippen LogP) is -0.132. The van der Waals surface area contributed by atoms with Crippen LogP contribution in [0.25, 0.3) is 0 Å². The minimum Gasteiger partial charge on any atom is -1.00 e. The maximum Gasteiger partial charge on any atom is 1.00 e. The number of hydrogen-bond acceptors (Lipinski definition) is 0. The predicted molar refractivity (Wildman–Crippen MR) is 58.9 cm³/mol. The van der Waals surface area contributed by atoms with Crippen LogP contribution < -0.4 is 12.4 Å². The van der Waals surface area contributed by atoms with E-state index in [1.54, 1.807) is 0 Å². The Morgan fingerprint density at radius 3 is 0.786 bits per heavy atom. The van der Waals surface area contributed by atoms with Gasteiger partial charge in [0.15, 0.2) is 0 Å². The average molecular weight is 313 g/mol. The average Bonchev–Trinajstić information content (AvgIpc) is 1.86. The van der Waals surface area contributed by atoms with Gasteiger partial charge in [-0.3, -0.25) is 0 Å². The van der Waals surface area contributed by atoms with E-state index in [0.717, 1.165) is 0 Å². The van der Waals surface area contributed by atoms with Crippen molar-refractivity contribution in [2.45, 2.75) is 41.5 Å². The maximum absolute atomic E-state index is 6.60. The van der Waals surface area contributed by atoms with E-state index in [1.165, 1.54) is 0 Å². The summed E-state index contributed by atoms with van der Waals surface area (Å²) in [6.07, 6.45) is 13.2. The topological polar surface area (TPSA) is 0 Å². The third-order valence-electron chi connectivity index (χ3n) is 0.750. The Hall–Kier alpha value is 0.280. The van der Waals surface area contributed by atoms with E-state index in [4.69, 9.17) is 12.8 Å². The van der Waals surface area contributed by atoms with E-state index in [2.05, 4.69) is 11.8 Å². The molecule has 0 nitrogen and oxygen atoms in total. The molecule has 2 heteroatoms. The molecule has 0 spiro atoms. The summed E-state index contributed by atoms with van der Waals surface area (Å²) < 4.78 is 0. The Kier molecular flexibility index (Phi) is 16.7. The summed E-state index contributed by atoms with van der Waals surface area (Å²) in [6, 6.07) is 0. The zero-order valence-electron chi connectivity index (χ0n) is 9.96. The molecule has 0 bridgehead atoms. The van der Waals surface area contributed by atoms with Crippen molar-refractivity contribution >= 4 is 25.8 Å². The van der Waals surface area contributed by atoms with Crippen molar-refractivity contribution in [1.82, 2.24) is 0 Å². The number of rotatable bonds is 0. The van der Waals surface area contributed by atoms with Crippen LogP contribution in [0, 0.1) is 35.5 Å². The van der Waals surface area contributed by atoms with E-state index in [9.17, 15) is 0 Å². The van der Waals surface area contributed by atoms with Crippen molar-refractivity contribution in [3.8, 4) is 11.8 Å². The zero-order valence-corrected chi connectivity index (χ0v) is 14.0. The Morgan fingerprint density at radius 1 is 0.714 bits per heavy atom. The Morgan fingerprint density at radius 2 is 0.786 bits per heavy atom. The van der Waals surface area contributed by atoms with Gasteiger partial charge in [-0.25, -0.2) is 0 Å². The summed E-state index contributed by atoms with van der Waals surface area (Å²) in [5.74, 6) is 4.71. The van der Waals surface area contributed by atoms with E-state index in [0.29, 0.717) is 0 Å². The van der Waals surface area contributed by atoms with Crippen molar-refractivity contribution in [3.63, 3.8) is 0 Å². The molecule has 0 saturated carbocycles. The molecule has 4 radical (unpaired) electrons. The minimum absolute atomic E-state index is 0. The van der Waals surface area contributed by atoms with E-state index in [-0.39, 0.29) is 49.1 Å². The van der Waals surface area contributed by atoms with Gasteiger partial charge in [0, 0.05) is 10.8 Å². The standard InChI is InChI=1S/2C6H9.ClH.In/c2*1-5-6(2,3)4;;/h2*2-4H3;1H;/q;;;+1/p-1. The smallest absolute Gasteiger partial charge is 1.00 e. The molecule has 0 aromatic carbocycles. The van der Waals surface area contributed by atoms with Crippen molar-refractivity contribution in [1.29, 1.82) is 0 Å². The van der Waals surface area contributed by atoms with E-state index in [1.807, 2.05) is 41.5 Å². The van der Waals surface area contributed by atoms with Crippen molar-refractivity contribution in [3.05, 3.63) is 12.8 Å². The van der Waals surface area contributed by atoms with Crippen LogP contribution in [0.5, 0.6) is 0 Å². The largest absolute Gasteiger partial charge is 1.00 e. The van der Waals surface area contributed by atoms with Gasteiger partial charge in [0.25, 0.3) is 0 Å².